The molecule has 0 aliphatic carbocycles. The van der Waals surface area contributed by atoms with Gasteiger partial charge >= 0.3 is 0 Å². The number of hydrogen-bond donors (Lipinski definition) is 1. The number of nitrogens with one attached hydrogen (secondary N) is 1. The monoisotopic (exact) mass is 417 g/mol. The molecule has 0 unspecified atom stereocenters. The first-order chi connectivity index (χ1) is 14.1. The molecule has 1 heterocycles. The number of rotatable bonds is 9. The number of aromatic nitrogens is 2. The molecule has 1 aromatic heterocycles. The summed E-state index contributed by atoms with van der Waals surface area (Å²) in [5.74, 6) is 0.468. The lowest BCUT2D eigenvalue weighted by Crippen LogP contribution is -2.24. The van der Waals surface area contributed by atoms with Crippen LogP contribution in [0.15, 0.2) is 58.2 Å². The van der Waals surface area contributed by atoms with Gasteiger partial charge in [-0.25, -0.2) is 4.39 Å². The maximum Gasteiger partial charge on any atom is 0.277 e. The van der Waals surface area contributed by atoms with Crippen LogP contribution in [0, 0.1) is 5.82 Å². The van der Waals surface area contributed by atoms with Crippen molar-refractivity contribution >= 4 is 17.7 Å². The molecular weight excluding hydrogens is 397 g/mol. The zero-order valence-electron chi connectivity index (χ0n) is 15.9. The van der Waals surface area contributed by atoms with Gasteiger partial charge in [-0.05, 0) is 25.1 Å². The third-order valence-electron chi connectivity index (χ3n) is 3.91. The normalized spacial score (nSPS) is 11.7. The molecular formula is C20H20FN3O4S. The van der Waals surface area contributed by atoms with Gasteiger partial charge in [-0.15, -0.1) is 10.2 Å². The van der Waals surface area contributed by atoms with Crippen LogP contribution in [-0.2, 0) is 11.3 Å². The molecule has 152 valence electrons. The van der Waals surface area contributed by atoms with Crippen molar-refractivity contribution in [2.45, 2.75) is 24.8 Å². The first kappa shape index (κ1) is 20.7. The van der Waals surface area contributed by atoms with Gasteiger partial charge in [-0.1, -0.05) is 42.1 Å². The van der Waals surface area contributed by atoms with E-state index < -0.39 is 11.9 Å². The van der Waals surface area contributed by atoms with Crippen LogP contribution >= 0.6 is 11.8 Å². The van der Waals surface area contributed by atoms with E-state index >= 15 is 0 Å². The van der Waals surface area contributed by atoms with Crippen LogP contribution in [0.4, 0.5) is 4.39 Å². The number of methoxy groups -OCH3 is 1. The molecule has 0 aliphatic rings. The molecule has 0 spiro atoms. The highest BCUT2D eigenvalue weighted by Gasteiger charge is 2.18. The van der Waals surface area contributed by atoms with Gasteiger partial charge in [0.2, 0.25) is 5.91 Å². The molecule has 3 aromatic rings. The number of carbonyl (C=O) groups is 1. The Morgan fingerprint density at radius 1 is 1.17 bits per heavy atom. The van der Waals surface area contributed by atoms with Crippen LogP contribution in [0.3, 0.4) is 0 Å². The quantitative estimate of drug-likeness (QED) is 0.531. The number of amides is 1. The van der Waals surface area contributed by atoms with E-state index in [1.807, 2.05) is 24.3 Å². The summed E-state index contributed by atoms with van der Waals surface area (Å²) >= 11 is 1.11. The van der Waals surface area contributed by atoms with Gasteiger partial charge in [-0.2, -0.15) is 0 Å². The molecule has 0 fully saturated rings. The number of nitrogens with zero attached hydrogens (tertiary/aromatic N) is 2. The average Bonchev–Trinajstić information content (AvgIpc) is 3.22. The van der Waals surface area contributed by atoms with Crippen molar-refractivity contribution in [3.05, 3.63) is 65.8 Å². The number of para-hydroxylation sites is 2. The lowest BCUT2D eigenvalue weighted by molar-refractivity contribution is -0.118. The zero-order valence-corrected chi connectivity index (χ0v) is 16.7. The smallest absolute Gasteiger partial charge is 0.277 e. The minimum absolute atomic E-state index is 0.100. The maximum absolute atomic E-state index is 13.7. The second-order valence-electron chi connectivity index (χ2n) is 5.97. The highest BCUT2D eigenvalue weighted by atomic mass is 32.2. The second kappa shape index (κ2) is 9.92. The van der Waals surface area contributed by atoms with Crippen LogP contribution in [0.25, 0.3) is 0 Å². The van der Waals surface area contributed by atoms with Crippen molar-refractivity contribution in [3.63, 3.8) is 0 Å². The Hall–Kier alpha value is -3.07. The highest BCUT2D eigenvalue weighted by Crippen LogP contribution is 2.25. The van der Waals surface area contributed by atoms with Gasteiger partial charge < -0.3 is 19.2 Å². The third kappa shape index (κ3) is 5.71. The third-order valence-corrected chi connectivity index (χ3v) is 4.72. The summed E-state index contributed by atoms with van der Waals surface area (Å²) in [5.41, 5.74) is 0.882. The Balaban J connectivity index is 1.48. The number of benzene rings is 2. The van der Waals surface area contributed by atoms with Crippen molar-refractivity contribution < 1.29 is 23.1 Å². The molecule has 0 aliphatic heterocycles. The molecule has 2 aromatic carbocycles. The molecule has 1 N–H and O–H groups in total. The van der Waals surface area contributed by atoms with E-state index in [2.05, 4.69) is 15.5 Å². The number of hydrogen-bond acceptors (Lipinski definition) is 7. The standard InChI is InChI=1S/C20H20FN3O4S/c1-13(27-17-10-6-4-8-15(17)21)19-23-24-20(28-19)29-12-18(25)22-11-14-7-3-5-9-16(14)26-2/h3-10,13H,11-12H2,1-2H3,(H,22,25)/t13-/m1/s1. The summed E-state index contributed by atoms with van der Waals surface area (Å²) in [7, 11) is 1.58. The first-order valence-electron chi connectivity index (χ1n) is 8.82. The predicted octanol–water partition coefficient (Wildman–Crippen LogP) is 3.77. The summed E-state index contributed by atoms with van der Waals surface area (Å²) < 4.78 is 29.9. The Morgan fingerprint density at radius 3 is 2.66 bits per heavy atom. The van der Waals surface area contributed by atoms with Crippen molar-refractivity contribution in [2.75, 3.05) is 12.9 Å². The molecule has 7 nitrogen and oxygen atoms in total. The van der Waals surface area contributed by atoms with Crippen LogP contribution in [0.2, 0.25) is 0 Å². The van der Waals surface area contributed by atoms with E-state index in [4.69, 9.17) is 13.9 Å². The van der Waals surface area contributed by atoms with Gasteiger partial charge in [-0.3, -0.25) is 4.79 Å². The largest absolute Gasteiger partial charge is 0.496 e. The predicted molar refractivity (Wildman–Crippen MR) is 105 cm³/mol. The zero-order chi connectivity index (χ0) is 20.6. The van der Waals surface area contributed by atoms with Gasteiger partial charge in [0.05, 0.1) is 12.9 Å². The van der Waals surface area contributed by atoms with Gasteiger partial charge in [0.25, 0.3) is 11.1 Å². The molecule has 0 saturated heterocycles. The lowest BCUT2D eigenvalue weighted by atomic mass is 10.2. The van der Waals surface area contributed by atoms with Crippen molar-refractivity contribution in [1.82, 2.24) is 15.5 Å². The molecule has 1 amide bonds. The Morgan fingerprint density at radius 2 is 1.90 bits per heavy atom. The minimum atomic E-state index is -0.631. The summed E-state index contributed by atoms with van der Waals surface area (Å²) in [6, 6.07) is 13.5. The summed E-state index contributed by atoms with van der Waals surface area (Å²) in [6.45, 7) is 2.03. The maximum atomic E-state index is 13.7. The topological polar surface area (TPSA) is 86.5 Å². The summed E-state index contributed by atoms with van der Waals surface area (Å²) in [4.78, 5) is 12.1. The molecule has 0 bridgehead atoms. The van der Waals surface area contributed by atoms with Crippen molar-refractivity contribution in [3.8, 4) is 11.5 Å². The Kier molecular flexibility index (Phi) is 7.07. The summed E-state index contributed by atoms with van der Waals surface area (Å²) in [5, 5.41) is 10.8. The number of ether oxygens (including phenoxy) is 2. The molecule has 1 atom stereocenters. The average molecular weight is 417 g/mol. The van der Waals surface area contributed by atoms with Crippen LogP contribution in [0.5, 0.6) is 11.5 Å². The molecule has 0 saturated carbocycles. The van der Waals surface area contributed by atoms with Crippen molar-refractivity contribution in [2.24, 2.45) is 0 Å². The van der Waals surface area contributed by atoms with Gasteiger partial charge in [0, 0.05) is 12.1 Å². The molecule has 9 heteroatoms. The Bertz CT molecular complexity index is 966. The number of halogens is 1. The fraction of sp³-hybridized carbons (Fsp3) is 0.250. The molecule has 29 heavy (non-hydrogen) atoms. The van der Waals surface area contributed by atoms with E-state index in [0.717, 1.165) is 17.3 Å². The Labute approximate surface area is 171 Å². The first-order valence-corrected chi connectivity index (χ1v) is 9.81. The number of carbonyl (C=O) groups excluding carboxylic acids is 1. The summed E-state index contributed by atoms with van der Waals surface area (Å²) in [6.07, 6.45) is -0.631. The van der Waals surface area contributed by atoms with Crippen LogP contribution in [0.1, 0.15) is 24.5 Å². The second-order valence-corrected chi connectivity index (χ2v) is 6.90. The minimum Gasteiger partial charge on any atom is -0.496 e. The van der Waals surface area contributed by atoms with Crippen LogP contribution < -0.4 is 14.8 Å². The molecule has 3 rings (SSSR count). The van der Waals surface area contributed by atoms with Gasteiger partial charge in [0.1, 0.15) is 5.75 Å². The fourth-order valence-electron chi connectivity index (χ4n) is 2.45. The van der Waals surface area contributed by atoms with E-state index in [9.17, 15) is 9.18 Å². The van der Waals surface area contributed by atoms with E-state index in [1.54, 1.807) is 26.2 Å². The van der Waals surface area contributed by atoms with Crippen molar-refractivity contribution in [1.29, 1.82) is 0 Å². The lowest BCUT2D eigenvalue weighted by Gasteiger charge is -2.11. The van der Waals surface area contributed by atoms with E-state index in [-0.39, 0.29) is 28.5 Å². The SMILES string of the molecule is COc1ccccc1CNC(=O)CSc1nnc([C@@H](C)Oc2ccccc2F)o1. The van der Waals surface area contributed by atoms with E-state index in [1.165, 1.54) is 12.1 Å². The van der Waals surface area contributed by atoms with Gasteiger partial charge in [0.15, 0.2) is 17.7 Å². The fourth-order valence-corrected chi connectivity index (χ4v) is 3.04. The number of thioether (sulfide) groups is 1. The molecule has 0 radical (unpaired) electrons. The van der Waals surface area contributed by atoms with Crippen LogP contribution in [-0.4, -0.2) is 29.0 Å². The van der Waals surface area contributed by atoms with E-state index in [0.29, 0.717) is 12.3 Å². The highest BCUT2D eigenvalue weighted by molar-refractivity contribution is 7.99.